The molecule has 4 aromatic rings. The maximum Gasteiger partial charge on any atom is 0.248 e. The number of carbonyl (C=O) groups is 1. The molecule has 0 atom stereocenters. The van der Waals surface area contributed by atoms with Crippen molar-refractivity contribution in [3.8, 4) is 16.9 Å². The minimum absolute atomic E-state index is 0.112. The van der Waals surface area contributed by atoms with Gasteiger partial charge in [0.25, 0.3) is 0 Å². The SMILES string of the molecule is C=CC(=O)Nc1nccc(COc2cc(-c3cnn(C)c3)cn3ncc(Cl)c23)c1F. The summed E-state index contributed by atoms with van der Waals surface area (Å²) in [7, 11) is 1.82. The Hall–Kier alpha value is -3.72. The summed E-state index contributed by atoms with van der Waals surface area (Å²) in [6.45, 7) is 3.23. The molecule has 0 spiro atoms. The van der Waals surface area contributed by atoms with Crippen LogP contribution in [0, 0.1) is 5.82 Å². The van der Waals surface area contributed by atoms with Crippen molar-refractivity contribution in [2.75, 3.05) is 5.32 Å². The van der Waals surface area contributed by atoms with Gasteiger partial charge in [0.05, 0.1) is 17.4 Å². The Morgan fingerprint density at radius 2 is 2.17 bits per heavy atom. The summed E-state index contributed by atoms with van der Waals surface area (Å²) in [6.07, 6.45) is 9.30. The van der Waals surface area contributed by atoms with E-state index in [2.05, 4.69) is 27.1 Å². The molecule has 0 radical (unpaired) electrons. The quantitative estimate of drug-likeness (QED) is 0.476. The lowest BCUT2D eigenvalue weighted by Gasteiger charge is -2.12. The van der Waals surface area contributed by atoms with Crippen LogP contribution in [0.3, 0.4) is 0 Å². The molecular formula is C20H16ClFN6O2. The maximum absolute atomic E-state index is 14.7. The molecule has 1 N–H and O–H groups in total. The van der Waals surface area contributed by atoms with Gasteiger partial charge in [-0.2, -0.15) is 10.2 Å². The second-order valence-corrected chi connectivity index (χ2v) is 6.80. The van der Waals surface area contributed by atoms with Crippen LogP contribution in [0.1, 0.15) is 5.56 Å². The van der Waals surface area contributed by atoms with Crippen molar-refractivity contribution in [3.05, 3.63) is 72.2 Å². The van der Waals surface area contributed by atoms with Gasteiger partial charge in [0, 0.05) is 42.3 Å². The molecule has 0 fully saturated rings. The van der Waals surface area contributed by atoms with Gasteiger partial charge in [-0.15, -0.1) is 0 Å². The first-order chi connectivity index (χ1) is 14.5. The van der Waals surface area contributed by atoms with E-state index in [4.69, 9.17) is 16.3 Å². The zero-order valence-electron chi connectivity index (χ0n) is 15.8. The third-order valence-electron chi connectivity index (χ3n) is 4.35. The second-order valence-electron chi connectivity index (χ2n) is 6.40. The summed E-state index contributed by atoms with van der Waals surface area (Å²) in [5, 5.41) is 11.1. The Balaban J connectivity index is 1.67. The van der Waals surface area contributed by atoms with E-state index in [1.165, 1.54) is 18.5 Å². The molecule has 30 heavy (non-hydrogen) atoms. The molecule has 8 nitrogen and oxygen atoms in total. The second kappa shape index (κ2) is 7.96. The fourth-order valence-corrected chi connectivity index (χ4v) is 3.12. The molecule has 0 aliphatic heterocycles. The number of pyridine rings is 2. The zero-order chi connectivity index (χ0) is 21.3. The van der Waals surface area contributed by atoms with Gasteiger partial charge in [-0.3, -0.25) is 9.48 Å². The summed E-state index contributed by atoms with van der Waals surface area (Å²) in [5.41, 5.74) is 2.43. The average molecular weight is 427 g/mol. The van der Waals surface area contributed by atoms with Gasteiger partial charge in [0.15, 0.2) is 11.6 Å². The van der Waals surface area contributed by atoms with Gasteiger partial charge in [-0.05, 0) is 18.2 Å². The van der Waals surface area contributed by atoms with Crippen molar-refractivity contribution in [2.24, 2.45) is 7.05 Å². The molecule has 4 rings (SSSR count). The fraction of sp³-hybridized carbons (Fsp3) is 0.100. The molecular weight excluding hydrogens is 411 g/mol. The van der Waals surface area contributed by atoms with E-state index in [1.54, 1.807) is 27.7 Å². The van der Waals surface area contributed by atoms with Crippen LogP contribution in [0.25, 0.3) is 16.6 Å². The van der Waals surface area contributed by atoms with Gasteiger partial charge in [0.1, 0.15) is 17.9 Å². The number of hydrogen-bond acceptors (Lipinski definition) is 5. The summed E-state index contributed by atoms with van der Waals surface area (Å²) in [4.78, 5) is 15.3. The summed E-state index contributed by atoms with van der Waals surface area (Å²) in [6, 6.07) is 3.26. The number of anilines is 1. The Bertz CT molecular complexity index is 1270. The molecule has 4 heterocycles. The monoisotopic (exact) mass is 426 g/mol. The van der Waals surface area contributed by atoms with Gasteiger partial charge in [-0.25, -0.2) is 13.9 Å². The van der Waals surface area contributed by atoms with Crippen LogP contribution in [0.15, 0.2) is 55.8 Å². The van der Waals surface area contributed by atoms with Crippen LogP contribution in [-0.2, 0) is 18.4 Å². The first kappa shape index (κ1) is 19.6. The van der Waals surface area contributed by atoms with Gasteiger partial charge >= 0.3 is 0 Å². The minimum Gasteiger partial charge on any atom is -0.486 e. The van der Waals surface area contributed by atoms with E-state index < -0.39 is 11.7 Å². The Labute approximate surface area is 175 Å². The van der Waals surface area contributed by atoms with Crippen molar-refractivity contribution in [1.29, 1.82) is 0 Å². The van der Waals surface area contributed by atoms with E-state index in [1.807, 2.05) is 13.2 Å². The number of aromatic nitrogens is 5. The fourth-order valence-electron chi connectivity index (χ4n) is 2.89. The lowest BCUT2D eigenvalue weighted by Crippen LogP contribution is -2.12. The largest absolute Gasteiger partial charge is 0.486 e. The molecule has 0 bridgehead atoms. The molecule has 1 amide bonds. The van der Waals surface area contributed by atoms with Crippen molar-refractivity contribution in [1.82, 2.24) is 24.4 Å². The third kappa shape index (κ3) is 3.74. The number of carbonyl (C=O) groups excluding carboxylic acids is 1. The molecule has 0 aliphatic rings. The normalized spacial score (nSPS) is 10.9. The smallest absolute Gasteiger partial charge is 0.248 e. The van der Waals surface area contributed by atoms with Crippen LogP contribution in [0.4, 0.5) is 10.2 Å². The number of rotatable bonds is 6. The molecule has 0 saturated carbocycles. The van der Waals surface area contributed by atoms with E-state index in [-0.39, 0.29) is 18.0 Å². The number of nitrogens with zero attached hydrogens (tertiary/aromatic N) is 5. The molecule has 0 unspecified atom stereocenters. The Morgan fingerprint density at radius 3 is 2.90 bits per heavy atom. The highest BCUT2D eigenvalue weighted by atomic mass is 35.5. The number of amides is 1. The maximum atomic E-state index is 14.7. The van der Waals surface area contributed by atoms with Gasteiger partial charge < -0.3 is 10.1 Å². The first-order valence-corrected chi connectivity index (χ1v) is 9.19. The van der Waals surface area contributed by atoms with Crippen molar-refractivity contribution < 1.29 is 13.9 Å². The topological polar surface area (TPSA) is 86.3 Å². The van der Waals surface area contributed by atoms with Crippen LogP contribution in [0.2, 0.25) is 5.02 Å². The zero-order valence-corrected chi connectivity index (χ0v) is 16.6. The Morgan fingerprint density at radius 1 is 1.33 bits per heavy atom. The molecule has 0 saturated heterocycles. The summed E-state index contributed by atoms with van der Waals surface area (Å²) < 4.78 is 23.9. The van der Waals surface area contributed by atoms with E-state index >= 15 is 0 Å². The molecule has 4 aromatic heterocycles. The van der Waals surface area contributed by atoms with E-state index in [0.29, 0.717) is 16.3 Å². The molecule has 152 valence electrons. The standard InChI is InChI=1S/C20H16ClFN6O2/c1-3-17(29)26-20-18(22)12(4-5-23-20)11-30-16-6-13(14-7-24-27(2)9-14)10-28-19(16)15(21)8-25-28/h3-10H,1,11H2,2H3,(H,23,26,29). The lowest BCUT2D eigenvalue weighted by molar-refractivity contribution is -0.111. The predicted molar refractivity (Wildman–Crippen MR) is 110 cm³/mol. The first-order valence-electron chi connectivity index (χ1n) is 8.81. The molecule has 0 aliphatic carbocycles. The number of hydrogen-bond donors (Lipinski definition) is 1. The number of nitrogens with one attached hydrogen (secondary N) is 1. The number of fused-ring (bicyclic) bond motifs is 1. The Kier molecular flexibility index (Phi) is 5.20. The van der Waals surface area contributed by atoms with Crippen LogP contribution < -0.4 is 10.1 Å². The number of aryl methyl sites for hydroxylation is 1. The molecule has 10 heteroatoms. The van der Waals surface area contributed by atoms with E-state index in [0.717, 1.165) is 17.2 Å². The number of ether oxygens (including phenoxy) is 1. The van der Waals surface area contributed by atoms with Crippen LogP contribution in [-0.4, -0.2) is 30.3 Å². The highest BCUT2D eigenvalue weighted by Crippen LogP contribution is 2.32. The predicted octanol–water partition coefficient (Wildman–Crippen LogP) is 3.63. The van der Waals surface area contributed by atoms with Crippen molar-refractivity contribution in [3.63, 3.8) is 0 Å². The summed E-state index contributed by atoms with van der Waals surface area (Å²) >= 11 is 6.27. The van der Waals surface area contributed by atoms with Crippen LogP contribution >= 0.6 is 11.6 Å². The van der Waals surface area contributed by atoms with Gasteiger partial charge in [0.2, 0.25) is 5.91 Å². The third-order valence-corrected chi connectivity index (χ3v) is 4.63. The minimum atomic E-state index is -0.688. The van der Waals surface area contributed by atoms with E-state index in [9.17, 15) is 9.18 Å². The van der Waals surface area contributed by atoms with Crippen molar-refractivity contribution >= 4 is 28.8 Å². The molecule has 0 aromatic carbocycles. The lowest BCUT2D eigenvalue weighted by atomic mass is 10.1. The van der Waals surface area contributed by atoms with Crippen molar-refractivity contribution in [2.45, 2.75) is 6.61 Å². The summed E-state index contributed by atoms with van der Waals surface area (Å²) in [5.74, 6) is -1.02. The highest BCUT2D eigenvalue weighted by Gasteiger charge is 2.16. The van der Waals surface area contributed by atoms with Crippen LogP contribution in [0.5, 0.6) is 5.75 Å². The highest BCUT2D eigenvalue weighted by molar-refractivity contribution is 6.34. The average Bonchev–Trinajstić information content (AvgIpc) is 3.34. The number of halogens is 2. The van der Waals surface area contributed by atoms with Gasteiger partial charge in [-0.1, -0.05) is 18.2 Å².